The van der Waals surface area contributed by atoms with Gasteiger partial charge in [-0.15, -0.1) is 0 Å². The van der Waals surface area contributed by atoms with Crippen LogP contribution >= 0.6 is 0 Å². The molecule has 244 valence electrons. The Balaban J connectivity index is 1.41. The number of para-hydroxylation sites is 1. The molecule has 0 aliphatic carbocycles. The van der Waals surface area contributed by atoms with E-state index in [0.29, 0.717) is 44.6 Å². The van der Waals surface area contributed by atoms with Gasteiger partial charge in [-0.1, -0.05) is 100 Å². The summed E-state index contributed by atoms with van der Waals surface area (Å²) in [7, 11) is 0. The molecule has 1 aliphatic heterocycles. The van der Waals surface area contributed by atoms with E-state index < -0.39 is 17.9 Å². The second-order valence-corrected chi connectivity index (χ2v) is 12.6. The minimum Gasteiger partial charge on any atom is -0.457 e. The lowest BCUT2D eigenvalue weighted by molar-refractivity contribution is -0.140. The minimum atomic E-state index is -0.618. The van der Waals surface area contributed by atoms with Crippen LogP contribution in [0, 0.1) is 17.8 Å². The van der Waals surface area contributed by atoms with E-state index in [1.54, 1.807) is 0 Å². The Morgan fingerprint density at radius 1 is 0.913 bits per heavy atom. The van der Waals surface area contributed by atoms with Crippen molar-refractivity contribution in [2.45, 2.75) is 71.9 Å². The fourth-order valence-electron chi connectivity index (χ4n) is 6.06. The Bertz CT molecular complexity index is 1420. The monoisotopic (exact) mass is 623 g/mol. The van der Waals surface area contributed by atoms with Crippen molar-refractivity contribution in [2.75, 3.05) is 13.1 Å². The van der Waals surface area contributed by atoms with Crippen LogP contribution in [0.1, 0.15) is 70.4 Å². The van der Waals surface area contributed by atoms with Gasteiger partial charge in [0.25, 0.3) is 0 Å². The molecule has 4 rings (SSSR count). The summed E-state index contributed by atoms with van der Waals surface area (Å²) in [6.45, 7) is 7.62. The van der Waals surface area contributed by atoms with Gasteiger partial charge >= 0.3 is 0 Å². The number of hydrogen-bond acceptors (Lipinski definition) is 4. The van der Waals surface area contributed by atoms with E-state index in [4.69, 9.17) is 4.74 Å². The van der Waals surface area contributed by atoms with Gasteiger partial charge < -0.3 is 20.3 Å². The molecular formula is C39H49N3O4. The maximum Gasteiger partial charge on any atom is 0.245 e. The molecule has 1 aliphatic rings. The van der Waals surface area contributed by atoms with Crippen molar-refractivity contribution in [1.82, 2.24) is 15.5 Å². The zero-order chi connectivity index (χ0) is 32.7. The van der Waals surface area contributed by atoms with E-state index in [9.17, 15) is 14.4 Å². The Hall–Kier alpha value is -4.39. The topological polar surface area (TPSA) is 87.7 Å². The number of carbonyl (C=O) groups excluding carboxylic acids is 3. The lowest BCUT2D eigenvalue weighted by Gasteiger charge is -2.30. The molecule has 7 heteroatoms. The average molecular weight is 624 g/mol. The summed E-state index contributed by atoms with van der Waals surface area (Å²) < 4.78 is 6.01. The maximum atomic E-state index is 13.9. The maximum absolute atomic E-state index is 13.9. The van der Waals surface area contributed by atoms with Gasteiger partial charge in [0, 0.05) is 31.5 Å². The van der Waals surface area contributed by atoms with Gasteiger partial charge in [0.2, 0.25) is 17.7 Å². The first-order chi connectivity index (χ1) is 22.3. The SMILES string of the molecule is CCC[C@H](C(=O)NCC=Cc1ccccc1)C(CC(C)C)C(=O)N[C@H]1CCCCN(Cc2cccc(Oc3ccccc3)c2)C1=O. The van der Waals surface area contributed by atoms with Crippen molar-refractivity contribution in [1.29, 1.82) is 0 Å². The van der Waals surface area contributed by atoms with Crippen molar-refractivity contribution in [3.8, 4) is 11.5 Å². The molecule has 3 amide bonds. The highest BCUT2D eigenvalue weighted by molar-refractivity contribution is 5.91. The highest BCUT2D eigenvalue weighted by Crippen LogP contribution is 2.27. The number of carbonyl (C=O) groups is 3. The van der Waals surface area contributed by atoms with Crippen LogP contribution in [-0.4, -0.2) is 41.8 Å². The molecule has 0 aromatic heterocycles. The molecule has 1 heterocycles. The normalized spacial score (nSPS) is 16.6. The highest BCUT2D eigenvalue weighted by atomic mass is 16.5. The fraction of sp³-hybridized carbons (Fsp3) is 0.410. The number of amides is 3. The summed E-state index contributed by atoms with van der Waals surface area (Å²) in [6.07, 6.45) is 8.15. The van der Waals surface area contributed by atoms with Crippen LogP contribution in [0.4, 0.5) is 0 Å². The predicted octanol–water partition coefficient (Wildman–Crippen LogP) is 7.38. The van der Waals surface area contributed by atoms with Crippen LogP contribution in [0.5, 0.6) is 11.5 Å². The summed E-state index contributed by atoms with van der Waals surface area (Å²) in [5.74, 6) is 0.286. The molecule has 0 bridgehead atoms. The van der Waals surface area contributed by atoms with Crippen LogP contribution in [-0.2, 0) is 20.9 Å². The zero-order valence-corrected chi connectivity index (χ0v) is 27.5. The highest BCUT2D eigenvalue weighted by Gasteiger charge is 2.36. The van der Waals surface area contributed by atoms with Gasteiger partial charge in [-0.25, -0.2) is 0 Å². The Morgan fingerprint density at radius 2 is 1.63 bits per heavy atom. The van der Waals surface area contributed by atoms with E-state index in [1.807, 2.05) is 109 Å². The van der Waals surface area contributed by atoms with E-state index in [0.717, 1.165) is 36.1 Å². The van der Waals surface area contributed by atoms with Crippen molar-refractivity contribution in [2.24, 2.45) is 17.8 Å². The average Bonchev–Trinajstić information content (AvgIpc) is 3.22. The van der Waals surface area contributed by atoms with E-state index in [1.165, 1.54) is 0 Å². The Morgan fingerprint density at radius 3 is 2.35 bits per heavy atom. The lowest BCUT2D eigenvalue weighted by Crippen LogP contribution is -2.51. The number of ether oxygens (including phenoxy) is 1. The third-order valence-corrected chi connectivity index (χ3v) is 8.34. The molecule has 2 N–H and O–H groups in total. The van der Waals surface area contributed by atoms with Crippen molar-refractivity contribution in [3.05, 3.63) is 102 Å². The largest absolute Gasteiger partial charge is 0.457 e. The molecule has 0 spiro atoms. The van der Waals surface area contributed by atoms with Gasteiger partial charge in [0.15, 0.2) is 0 Å². The molecule has 7 nitrogen and oxygen atoms in total. The first kappa shape index (κ1) is 34.5. The third-order valence-electron chi connectivity index (χ3n) is 8.34. The number of likely N-dealkylation sites (tertiary alicyclic amines) is 1. The first-order valence-electron chi connectivity index (χ1n) is 16.7. The van der Waals surface area contributed by atoms with Crippen LogP contribution in [0.25, 0.3) is 6.08 Å². The molecule has 1 saturated heterocycles. The fourth-order valence-corrected chi connectivity index (χ4v) is 6.06. The van der Waals surface area contributed by atoms with Crippen molar-refractivity contribution >= 4 is 23.8 Å². The first-order valence-corrected chi connectivity index (χ1v) is 16.7. The smallest absolute Gasteiger partial charge is 0.245 e. The van der Waals surface area contributed by atoms with Crippen LogP contribution in [0.15, 0.2) is 91.0 Å². The molecule has 1 unspecified atom stereocenters. The molecular weight excluding hydrogens is 574 g/mol. The Kier molecular flexibility index (Phi) is 13.4. The predicted molar refractivity (Wildman–Crippen MR) is 184 cm³/mol. The second kappa shape index (κ2) is 17.9. The van der Waals surface area contributed by atoms with E-state index >= 15 is 0 Å². The van der Waals surface area contributed by atoms with E-state index in [2.05, 4.69) is 24.5 Å². The lowest BCUT2D eigenvalue weighted by atomic mass is 9.81. The molecule has 3 aromatic rings. The van der Waals surface area contributed by atoms with E-state index in [-0.39, 0.29) is 23.6 Å². The number of nitrogens with zero attached hydrogens (tertiary/aromatic N) is 1. The molecule has 0 radical (unpaired) electrons. The van der Waals surface area contributed by atoms with Crippen LogP contribution in [0.3, 0.4) is 0 Å². The third kappa shape index (κ3) is 10.6. The quantitative estimate of drug-likeness (QED) is 0.185. The molecule has 3 aromatic carbocycles. The van der Waals surface area contributed by atoms with Crippen LogP contribution < -0.4 is 15.4 Å². The number of nitrogens with one attached hydrogen (secondary N) is 2. The number of benzene rings is 3. The zero-order valence-electron chi connectivity index (χ0n) is 27.5. The van der Waals surface area contributed by atoms with Gasteiger partial charge in [-0.3, -0.25) is 14.4 Å². The molecule has 1 fully saturated rings. The van der Waals surface area contributed by atoms with Crippen molar-refractivity contribution in [3.63, 3.8) is 0 Å². The molecule has 3 atom stereocenters. The van der Waals surface area contributed by atoms with Gasteiger partial charge in [0.05, 0.1) is 0 Å². The summed E-state index contributed by atoms with van der Waals surface area (Å²) >= 11 is 0. The summed E-state index contributed by atoms with van der Waals surface area (Å²) in [4.78, 5) is 43.1. The molecule has 0 saturated carbocycles. The summed E-state index contributed by atoms with van der Waals surface area (Å²) in [5.41, 5.74) is 2.03. The summed E-state index contributed by atoms with van der Waals surface area (Å²) in [5, 5.41) is 6.14. The van der Waals surface area contributed by atoms with Gasteiger partial charge in [-0.05, 0) is 73.4 Å². The van der Waals surface area contributed by atoms with Gasteiger partial charge in [-0.2, -0.15) is 0 Å². The van der Waals surface area contributed by atoms with Crippen LogP contribution in [0.2, 0.25) is 0 Å². The number of hydrogen-bond donors (Lipinski definition) is 2. The Labute approximate surface area is 274 Å². The standard InChI is InChI=1S/C39H49N3O4/c1-4-15-34(37(43)40-24-14-19-30-16-7-5-8-17-30)35(26-29(2)3)38(44)41-36-23-11-12-25-42(39(36)45)28-31-18-13-22-33(27-31)46-32-20-9-6-10-21-32/h5-10,13-14,16-22,27,29,34-36H,4,11-12,15,23-26,28H2,1-3H3,(H,40,43)(H,41,44)/t34-,35?,36-/m0/s1. The second-order valence-electron chi connectivity index (χ2n) is 12.6. The molecule has 46 heavy (non-hydrogen) atoms. The van der Waals surface area contributed by atoms with Gasteiger partial charge in [0.1, 0.15) is 17.5 Å². The minimum absolute atomic E-state index is 0.0777. The van der Waals surface area contributed by atoms with Crippen molar-refractivity contribution < 1.29 is 19.1 Å². The number of rotatable bonds is 15. The summed E-state index contributed by atoms with van der Waals surface area (Å²) in [6, 6.07) is 26.7.